The minimum atomic E-state index is -0.175. The molecule has 1 aromatic carbocycles. The Hall–Kier alpha value is -2.14. The zero-order valence-electron chi connectivity index (χ0n) is 13.8. The van der Waals surface area contributed by atoms with Crippen molar-refractivity contribution in [2.75, 3.05) is 6.54 Å². The van der Waals surface area contributed by atoms with Gasteiger partial charge in [-0.25, -0.2) is 9.37 Å². The summed E-state index contributed by atoms with van der Waals surface area (Å²) in [7, 11) is 0. The van der Waals surface area contributed by atoms with Gasteiger partial charge < -0.3 is 9.97 Å². The van der Waals surface area contributed by atoms with Crippen molar-refractivity contribution in [1.82, 2.24) is 19.9 Å². The average molecular weight is 324 g/mol. The molecular formula is C19H21FN4. The molecule has 24 heavy (non-hydrogen) atoms. The van der Waals surface area contributed by atoms with Crippen molar-refractivity contribution in [3.05, 3.63) is 53.0 Å². The maximum Gasteiger partial charge on any atom is 0.123 e. The second-order valence-electron chi connectivity index (χ2n) is 7.19. The van der Waals surface area contributed by atoms with Gasteiger partial charge in [0.2, 0.25) is 0 Å². The monoisotopic (exact) mass is 324 g/mol. The molecule has 1 aliphatic carbocycles. The maximum atomic E-state index is 13.6. The van der Waals surface area contributed by atoms with Crippen LogP contribution in [0.5, 0.6) is 0 Å². The molecule has 4 nitrogen and oxygen atoms in total. The van der Waals surface area contributed by atoms with Gasteiger partial charge in [-0.1, -0.05) is 0 Å². The first-order chi connectivity index (χ1) is 11.7. The van der Waals surface area contributed by atoms with E-state index in [2.05, 4.69) is 26.8 Å². The summed E-state index contributed by atoms with van der Waals surface area (Å²) in [6, 6.07) is 5.40. The Morgan fingerprint density at radius 1 is 1.33 bits per heavy atom. The molecule has 124 valence electrons. The number of H-pyrrole nitrogens is 2. The fraction of sp³-hybridized carbons (Fsp3) is 0.421. The number of imidazole rings is 1. The third kappa shape index (κ3) is 2.18. The van der Waals surface area contributed by atoms with Crippen molar-refractivity contribution < 1.29 is 4.39 Å². The summed E-state index contributed by atoms with van der Waals surface area (Å²) in [6.45, 7) is 4.00. The number of hydrogen-bond donors (Lipinski definition) is 2. The molecule has 0 radical (unpaired) electrons. The number of aryl methyl sites for hydroxylation is 1. The number of halogens is 1. The van der Waals surface area contributed by atoms with E-state index in [4.69, 9.17) is 0 Å². The van der Waals surface area contributed by atoms with Gasteiger partial charge in [-0.3, -0.25) is 4.90 Å². The number of nitrogens with one attached hydrogen (secondary N) is 2. The molecule has 0 bridgehead atoms. The summed E-state index contributed by atoms with van der Waals surface area (Å²) in [5.41, 5.74) is 5.92. The van der Waals surface area contributed by atoms with E-state index in [1.54, 1.807) is 6.07 Å². The Bertz CT molecular complexity index is 905. The van der Waals surface area contributed by atoms with Gasteiger partial charge in [-0.05, 0) is 49.4 Å². The number of fused-ring (bicyclic) bond motifs is 2. The van der Waals surface area contributed by atoms with E-state index < -0.39 is 0 Å². The number of benzene rings is 1. The molecule has 1 unspecified atom stereocenters. The lowest BCUT2D eigenvalue weighted by molar-refractivity contribution is 0.150. The second kappa shape index (κ2) is 5.18. The smallest absolute Gasteiger partial charge is 0.123 e. The first-order valence-corrected chi connectivity index (χ1v) is 8.73. The van der Waals surface area contributed by atoms with E-state index in [1.807, 2.05) is 12.4 Å². The van der Waals surface area contributed by atoms with Gasteiger partial charge in [0.25, 0.3) is 0 Å². The molecule has 2 aliphatic rings. The van der Waals surface area contributed by atoms with Gasteiger partial charge >= 0.3 is 0 Å². The van der Waals surface area contributed by atoms with Crippen LogP contribution in [0.15, 0.2) is 24.5 Å². The van der Waals surface area contributed by atoms with Crippen LogP contribution in [0.3, 0.4) is 0 Å². The van der Waals surface area contributed by atoms with Crippen LogP contribution >= 0.6 is 0 Å². The molecule has 3 aromatic rings. The SMILES string of the molecule is Cc1c(CN2CCc3[nH]cnc3C2C2CC2)[nH]c2ccc(F)cc12. The van der Waals surface area contributed by atoms with E-state index in [0.29, 0.717) is 6.04 Å². The van der Waals surface area contributed by atoms with Crippen LogP contribution in [0.2, 0.25) is 0 Å². The first-order valence-electron chi connectivity index (χ1n) is 8.73. The van der Waals surface area contributed by atoms with Gasteiger partial charge in [-0.15, -0.1) is 0 Å². The molecule has 5 rings (SSSR count). The molecule has 2 aromatic heterocycles. The highest BCUT2D eigenvalue weighted by Gasteiger charge is 2.41. The Kier molecular flexibility index (Phi) is 3.07. The largest absolute Gasteiger partial charge is 0.357 e. The molecule has 0 amide bonds. The second-order valence-corrected chi connectivity index (χ2v) is 7.19. The molecule has 1 aliphatic heterocycles. The molecular weight excluding hydrogens is 303 g/mol. The number of aromatic amines is 2. The predicted octanol–water partition coefficient (Wildman–Crippen LogP) is 3.85. The van der Waals surface area contributed by atoms with Gasteiger partial charge in [0, 0.05) is 41.8 Å². The van der Waals surface area contributed by atoms with Crippen molar-refractivity contribution >= 4 is 10.9 Å². The Labute approximate surface area is 140 Å². The summed E-state index contributed by atoms with van der Waals surface area (Å²) >= 11 is 0. The predicted molar refractivity (Wildman–Crippen MR) is 91.2 cm³/mol. The van der Waals surface area contributed by atoms with E-state index >= 15 is 0 Å². The number of aromatic nitrogens is 3. The summed E-state index contributed by atoms with van der Waals surface area (Å²) in [6.07, 6.45) is 5.45. The standard InChI is InChI=1S/C19H21FN4/c1-11-14-8-13(20)4-5-15(14)23-17(11)9-24-7-6-16-18(22-10-21-16)19(24)12-2-3-12/h4-5,8,10,12,19,23H,2-3,6-7,9H2,1H3,(H,21,22). The van der Waals surface area contributed by atoms with Crippen LogP contribution in [0.25, 0.3) is 10.9 Å². The molecule has 3 heterocycles. The highest BCUT2D eigenvalue weighted by Crippen LogP contribution is 2.47. The number of nitrogens with zero attached hydrogens (tertiary/aromatic N) is 2. The summed E-state index contributed by atoms with van der Waals surface area (Å²) < 4.78 is 13.6. The van der Waals surface area contributed by atoms with Crippen LogP contribution in [0, 0.1) is 18.7 Å². The Morgan fingerprint density at radius 3 is 3.04 bits per heavy atom. The summed E-state index contributed by atoms with van der Waals surface area (Å²) in [4.78, 5) is 14.0. The summed E-state index contributed by atoms with van der Waals surface area (Å²) in [5, 5.41) is 0.991. The van der Waals surface area contributed by atoms with E-state index in [-0.39, 0.29) is 5.82 Å². The van der Waals surface area contributed by atoms with Crippen molar-refractivity contribution in [3.63, 3.8) is 0 Å². The molecule has 2 N–H and O–H groups in total. The van der Waals surface area contributed by atoms with Gasteiger partial charge in [-0.2, -0.15) is 0 Å². The highest BCUT2D eigenvalue weighted by atomic mass is 19.1. The van der Waals surface area contributed by atoms with Crippen molar-refractivity contribution in [3.8, 4) is 0 Å². The van der Waals surface area contributed by atoms with Crippen molar-refractivity contribution in [1.29, 1.82) is 0 Å². The lowest BCUT2D eigenvalue weighted by Gasteiger charge is -2.35. The van der Waals surface area contributed by atoms with Gasteiger partial charge in [0.1, 0.15) is 5.82 Å². The van der Waals surface area contributed by atoms with Crippen molar-refractivity contribution in [2.24, 2.45) is 5.92 Å². The third-order valence-electron chi connectivity index (χ3n) is 5.63. The first kappa shape index (κ1) is 14.2. The van der Waals surface area contributed by atoms with E-state index in [0.717, 1.165) is 41.9 Å². The molecule has 1 atom stereocenters. The average Bonchev–Trinajstić information content (AvgIpc) is 3.22. The van der Waals surface area contributed by atoms with Crippen LogP contribution in [0.4, 0.5) is 4.39 Å². The van der Waals surface area contributed by atoms with E-state index in [1.165, 1.54) is 36.0 Å². The summed E-state index contributed by atoms with van der Waals surface area (Å²) in [5.74, 6) is 0.556. The highest BCUT2D eigenvalue weighted by molar-refractivity contribution is 5.84. The van der Waals surface area contributed by atoms with E-state index in [9.17, 15) is 4.39 Å². The Morgan fingerprint density at radius 2 is 2.21 bits per heavy atom. The van der Waals surface area contributed by atoms with Crippen LogP contribution in [-0.4, -0.2) is 26.4 Å². The molecule has 0 saturated heterocycles. The zero-order chi connectivity index (χ0) is 16.3. The van der Waals surface area contributed by atoms with Gasteiger partial charge in [0.15, 0.2) is 0 Å². The lowest BCUT2D eigenvalue weighted by Crippen LogP contribution is -2.36. The molecule has 1 saturated carbocycles. The minimum absolute atomic E-state index is 0.175. The maximum absolute atomic E-state index is 13.6. The van der Waals surface area contributed by atoms with Crippen LogP contribution in [0.1, 0.15) is 41.5 Å². The molecule has 0 spiro atoms. The zero-order valence-corrected chi connectivity index (χ0v) is 13.8. The number of hydrogen-bond acceptors (Lipinski definition) is 2. The fourth-order valence-electron chi connectivity index (χ4n) is 4.18. The fourth-order valence-corrected chi connectivity index (χ4v) is 4.18. The lowest BCUT2D eigenvalue weighted by atomic mass is 9.98. The quantitative estimate of drug-likeness (QED) is 0.769. The normalized spacial score (nSPS) is 21.3. The number of rotatable bonds is 3. The molecule has 5 heteroatoms. The topological polar surface area (TPSA) is 47.7 Å². The molecule has 1 fully saturated rings. The third-order valence-corrected chi connectivity index (χ3v) is 5.63. The minimum Gasteiger partial charge on any atom is -0.357 e. The Balaban J connectivity index is 1.50. The van der Waals surface area contributed by atoms with Crippen molar-refractivity contribution in [2.45, 2.75) is 38.8 Å². The van der Waals surface area contributed by atoms with Crippen LogP contribution in [-0.2, 0) is 13.0 Å². The van der Waals surface area contributed by atoms with Crippen LogP contribution < -0.4 is 0 Å². The van der Waals surface area contributed by atoms with Gasteiger partial charge in [0.05, 0.1) is 18.1 Å².